The summed E-state index contributed by atoms with van der Waals surface area (Å²) in [6, 6.07) is 0.291. The van der Waals surface area contributed by atoms with Gasteiger partial charge in [-0.15, -0.1) is 0 Å². The number of oxazole rings is 1. The fourth-order valence-corrected chi connectivity index (χ4v) is 1.89. The second kappa shape index (κ2) is 3.91. The molecule has 1 aliphatic rings. The van der Waals surface area contributed by atoms with E-state index >= 15 is 0 Å². The molecule has 1 aromatic heterocycles. The standard InChI is InChI=1S/C8H10N2O3S/c11-7(12)6-2-13-8(10-6)9-1-5-3-14-4-5/h2,5H,1,3-4H2,(H,9,10)(H,11,12). The first-order chi connectivity index (χ1) is 6.75. The van der Waals surface area contributed by atoms with Crippen molar-refractivity contribution in [3.05, 3.63) is 12.0 Å². The number of rotatable bonds is 4. The van der Waals surface area contributed by atoms with E-state index in [-0.39, 0.29) is 5.69 Å². The van der Waals surface area contributed by atoms with E-state index in [1.54, 1.807) is 0 Å². The summed E-state index contributed by atoms with van der Waals surface area (Å²) in [5.41, 5.74) is -0.0597. The number of anilines is 1. The van der Waals surface area contributed by atoms with Gasteiger partial charge in [-0.05, 0) is 17.4 Å². The van der Waals surface area contributed by atoms with Crippen molar-refractivity contribution in [2.45, 2.75) is 0 Å². The molecule has 0 saturated carbocycles. The van der Waals surface area contributed by atoms with Crippen LogP contribution in [0.2, 0.25) is 0 Å². The maximum absolute atomic E-state index is 10.5. The number of carbonyl (C=O) groups is 1. The molecule has 1 aromatic rings. The van der Waals surface area contributed by atoms with Crippen molar-refractivity contribution >= 4 is 23.7 Å². The van der Waals surface area contributed by atoms with E-state index in [0.29, 0.717) is 11.9 Å². The number of hydrogen-bond donors (Lipinski definition) is 2. The monoisotopic (exact) mass is 214 g/mol. The molecule has 0 atom stereocenters. The molecule has 0 bridgehead atoms. The SMILES string of the molecule is O=C(O)c1coc(NCC2CSC2)n1. The number of nitrogens with zero attached hydrogens (tertiary/aromatic N) is 1. The number of carboxylic acid groups (broad SMARTS) is 1. The molecule has 0 aliphatic carbocycles. The highest BCUT2D eigenvalue weighted by molar-refractivity contribution is 8.00. The molecule has 0 amide bonds. The predicted octanol–water partition coefficient (Wildman–Crippen LogP) is 1.15. The van der Waals surface area contributed by atoms with Gasteiger partial charge in [-0.25, -0.2) is 4.79 Å². The smallest absolute Gasteiger partial charge is 0.357 e. The van der Waals surface area contributed by atoms with Gasteiger partial charge in [0.25, 0.3) is 6.01 Å². The Balaban J connectivity index is 1.86. The summed E-state index contributed by atoms with van der Waals surface area (Å²) in [5, 5.41) is 11.5. The lowest BCUT2D eigenvalue weighted by molar-refractivity contribution is 0.0690. The van der Waals surface area contributed by atoms with Gasteiger partial charge in [0.2, 0.25) is 0 Å². The summed E-state index contributed by atoms with van der Waals surface area (Å²) < 4.78 is 4.94. The maximum atomic E-state index is 10.5. The Bertz CT molecular complexity index is 335. The van der Waals surface area contributed by atoms with Crippen LogP contribution in [0, 0.1) is 5.92 Å². The average Bonchev–Trinajstić information content (AvgIpc) is 2.50. The zero-order valence-corrected chi connectivity index (χ0v) is 8.21. The molecule has 0 aromatic carbocycles. The quantitative estimate of drug-likeness (QED) is 0.783. The summed E-state index contributed by atoms with van der Waals surface area (Å²) in [6.45, 7) is 0.798. The molecule has 2 N–H and O–H groups in total. The van der Waals surface area contributed by atoms with Crippen LogP contribution in [0.4, 0.5) is 6.01 Å². The summed E-state index contributed by atoms with van der Waals surface area (Å²) in [6.07, 6.45) is 1.14. The van der Waals surface area contributed by atoms with E-state index in [9.17, 15) is 4.79 Å². The van der Waals surface area contributed by atoms with Crippen LogP contribution >= 0.6 is 11.8 Å². The molecule has 0 spiro atoms. The molecule has 1 fully saturated rings. The Hall–Kier alpha value is -1.17. The zero-order chi connectivity index (χ0) is 9.97. The lowest BCUT2D eigenvalue weighted by Crippen LogP contribution is -2.26. The molecule has 5 nitrogen and oxygen atoms in total. The highest BCUT2D eigenvalue weighted by Gasteiger charge is 2.18. The maximum Gasteiger partial charge on any atom is 0.357 e. The topological polar surface area (TPSA) is 75.4 Å². The largest absolute Gasteiger partial charge is 0.476 e. The van der Waals surface area contributed by atoms with Crippen LogP contribution in [0.1, 0.15) is 10.5 Å². The van der Waals surface area contributed by atoms with Crippen molar-refractivity contribution in [3.8, 4) is 0 Å². The minimum absolute atomic E-state index is 0.0597. The first-order valence-corrected chi connectivity index (χ1v) is 5.41. The van der Waals surface area contributed by atoms with Gasteiger partial charge >= 0.3 is 5.97 Å². The molecule has 2 rings (SSSR count). The summed E-state index contributed by atoms with van der Waals surface area (Å²) >= 11 is 1.91. The fourth-order valence-electron chi connectivity index (χ4n) is 1.09. The molecule has 6 heteroatoms. The van der Waals surface area contributed by atoms with E-state index in [2.05, 4.69) is 10.3 Å². The molecular weight excluding hydrogens is 204 g/mol. The minimum Gasteiger partial charge on any atom is -0.476 e. The Kier molecular flexibility index (Phi) is 2.62. The Morgan fingerprint density at radius 3 is 3.07 bits per heavy atom. The average molecular weight is 214 g/mol. The van der Waals surface area contributed by atoms with E-state index in [1.165, 1.54) is 0 Å². The molecule has 14 heavy (non-hydrogen) atoms. The van der Waals surface area contributed by atoms with Gasteiger partial charge < -0.3 is 14.8 Å². The Labute approximate surface area is 84.9 Å². The van der Waals surface area contributed by atoms with Crippen molar-refractivity contribution in [3.63, 3.8) is 0 Å². The van der Waals surface area contributed by atoms with E-state index in [0.717, 1.165) is 24.3 Å². The van der Waals surface area contributed by atoms with Gasteiger partial charge in [-0.1, -0.05) is 0 Å². The third-order valence-electron chi connectivity index (χ3n) is 1.97. The Morgan fingerprint density at radius 2 is 2.57 bits per heavy atom. The summed E-state index contributed by atoms with van der Waals surface area (Å²) in [4.78, 5) is 14.2. The highest BCUT2D eigenvalue weighted by atomic mass is 32.2. The Morgan fingerprint density at radius 1 is 1.79 bits per heavy atom. The van der Waals surface area contributed by atoms with E-state index < -0.39 is 5.97 Å². The first-order valence-electron chi connectivity index (χ1n) is 4.26. The van der Waals surface area contributed by atoms with Gasteiger partial charge in [0.1, 0.15) is 6.26 Å². The molecule has 1 aliphatic heterocycles. The molecule has 2 heterocycles. The lowest BCUT2D eigenvalue weighted by Gasteiger charge is -2.24. The van der Waals surface area contributed by atoms with Gasteiger partial charge in [0.15, 0.2) is 5.69 Å². The number of nitrogens with one attached hydrogen (secondary N) is 1. The van der Waals surface area contributed by atoms with Crippen LogP contribution in [0.25, 0.3) is 0 Å². The van der Waals surface area contributed by atoms with Crippen molar-refractivity contribution in [2.75, 3.05) is 23.4 Å². The number of aromatic nitrogens is 1. The first kappa shape index (κ1) is 9.39. The van der Waals surface area contributed by atoms with Gasteiger partial charge in [-0.3, -0.25) is 0 Å². The lowest BCUT2D eigenvalue weighted by atomic mass is 10.2. The number of thioether (sulfide) groups is 1. The van der Waals surface area contributed by atoms with E-state index in [4.69, 9.17) is 9.52 Å². The van der Waals surface area contributed by atoms with Crippen molar-refractivity contribution in [1.82, 2.24) is 4.98 Å². The zero-order valence-electron chi connectivity index (χ0n) is 7.40. The van der Waals surface area contributed by atoms with Crippen LogP contribution in [0.15, 0.2) is 10.7 Å². The minimum atomic E-state index is -1.07. The molecular formula is C8H10N2O3S. The van der Waals surface area contributed by atoms with Crippen molar-refractivity contribution < 1.29 is 14.3 Å². The molecule has 0 radical (unpaired) electrons. The molecule has 76 valence electrons. The van der Waals surface area contributed by atoms with Crippen molar-refractivity contribution in [2.24, 2.45) is 5.92 Å². The summed E-state index contributed by atoms with van der Waals surface area (Å²) in [5.74, 6) is 1.89. The number of aromatic carboxylic acids is 1. The van der Waals surface area contributed by atoms with Crippen LogP contribution in [-0.4, -0.2) is 34.1 Å². The number of carboxylic acids is 1. The van der Waals surface area contributed by atoms with Crippen molar-refractivity contribution in [1.29, 1.82) is 0 Å². The van der Waals surface area contributed by atoms with Crippen LogP contribution < -0.4 is 5.32 Å². The second-order valence-electron chi connectivity index (χ2n) is 3.13. The van der Waals surface area contributed by atoms with Gasteiger partial charge in [-0.2, -0.15) is 16.7 Å². The molecule has 1 saturated heterocycles. The predicted molar refractivity (Wildman–Crippen MR) is 52.8 cm³/mol. The third kappa shape index (κ3) is 2.01. The summed E-state index contributed by atoms with van der Waals surface area (Å²) in [7, 11) is 0. The van der Waals surface area contributed by atoms with Crippen LogP contribution in [0.3, 0.4) is 0 Å². The van der Waals surface area contributed by atoms with Crippen LogP contribution in [-0.2, 0) is 0 Å². The van der Waals surface area contributed by atoms with E-state index in [1.807, 2.05) is 11.8 Å². The van der Waals surface area contributed by atoms with Gasteiger partial charge in [0.05, 0.1) is 0 Å². The highest BCUT2D eigenvalue weighted by Crippen LogP contribution is 2.24. The third-order valence-corrected chi connectivity index (χ3v) is 3.39. The second-order valence-corrected chi connectivity index (χ2v) is 4.20. The van der Waals surface area contributed by atoms with Gasteiger partial charge in [0, 0.05) is 6.54 Å². The normalized spacial score (nSPS) is 16.3. The van der Waals surface area contributed by atoms with Crippen LogP contribution in [0.5, 0.6) is 0 Å². The molecule has 0 unspecified atom stereocenters. The number of hydrogen-bond acceptors (Lipinski definition) is 5. The fraction of sp³-hybridized carbons (Fsp3) is 0.500.